The number of carbonyl (C=O) groups is 1. The normalized spacial score (nSPS) is 6.10. The van der Waals surface area contributed by atoms with E-state index in [0.717, 1.165) is 12.8 Å². The topological polar surface area (TPSA) is 40.1 Å². The molecule has 0 atom stereocenters. The molecule has 0 spiro atoms. The summed E-state index contributed by atoms with van der Waals surface area (Å²) < 4.78 is 0. The summed E-state index contributed by atoms with van der Waals surface area (Å²) in [5.41, 5.74) is 0. The fraction of sp³-hybridized carbons (Fsp3) is 0.800. The van der Waals surface area contributed by atoms with Crippen LogP contribution in [0.3, 0.4) is 0 Å². The van der Waals surface area contributed by atoms with Crippen LogP contribution in [-0.2, 0) is 4.79 Å². The minimum atomic E-state index is -0.943. The van der Waals surface area contributed by atoms with E-state index in [1.54, 1.807) is 0 Å². The van der Waals surface area contributed by atoms with Gasteiger partial charge in [-0.15, -0.1) is 0 Å². The Bertz CT molecular complexity index is 70.7. The van der Waals surface area contributed by atoms with Crippen molar-refractivity contribution in [1.82, 2.24) is 0 Å². The van der Waals surface area contributed by atoms with Gasteiger partial charge in [-0.1, -0.05) is 13.3 Å². The molecular weight excluding hydrogens is 278 g/mol. The number of unbranched alkanes of at least 4 members (excludes halogenated alkanes) is 1. The van der Waals surface area contributed by atoms with Crippen LogP contribution in [0.2, 0.25) is 0 Å². The Balaban J connectivity index is -0.0000000600. The van der Waals surface area contributed by atoms with Crippen LogP contribution in [0.5, 0.6) is 0 Å². The summed E-state index contributed by atoms with van der Waals surface area (Å²) in [4.78, 5) is 9.65. The Morgan fingerprint density at radius 3 is 1.90 bits per heavy atom. The SMILES string of the molecule is CCCCC(=O)[O-].[Cl-].[Cl-].[In+3]. The van der Waals surface area contributed by atoms with Crippen molar-refractivity contribution in [2.24, 2.45) is 0 Å². The van der Waals surface area contributed by atoms with E-state index in [1.807, 2.05) is 6.92 Å². The number of carbonyl (C=O) groups excluding carboxylic acids is 1. The maximum Gasteiger partial charge on any atom is 3.00 e. The molecule has 0 N–H and O–H groups in total. The Morgan fingerprint density at radius 1 is 1.40 bits per heavy atom. The minimum absolute atomic E-state index is 0. The predicted molar refractivity (Wildman–Crippen MR) is 30.3 cm³/mol. The van der Waals surface area contributed by atoms with Crippen molar-refractivity contribution in [2.75, 3.05) is 0 Å². The molecule has 0 aromatic carbocycles. The van der Waals surface area contributed by atoms with E-state index in [4.69, 9.17) is 0 Å². The standard InChI is InChI=1S/C5H10O2.2ClH.In/c1-2-3-4-5(6)7;;;/h2-4H2,1H3,(H,6,7);2*1H;/q;;;+3/p-3. The molecule has 0 unspecified atom stereocenters. The van der Waals surface area contributed by atoms with Crippen LogP contribution in [0.1, 0.15) is 26.2 Å². The van der Waals surface area contributed by atoms with Gasteiger partial charge >= 0.3 is 25.8 Å². The first-order valence-electron chi connectivity index (χ1n) is 2.47. The van der Waals surface area contributed by atoms with Crippen molar-refractivity contribution in [3.63, 3.8) is 0 Å². The van der Waals surface area contributed by atoms with E-state index in [-0.39, 0.29) is 57.1 Å². The van der Waals surface area contributed by atoms with Gasteiger partial charge in [0.1, 0.15) is 0 Å². The molecule has 0 amide bonds. The van der Waals surface area contributed by atoms with Gasteiger partial charge in [0.05, 0.1) is 0 Å². The number of carboxylic acids is 1. The third-order valence-electron chi connectivity index (χ3n) is 0.734. The summed E-state index contributed by atoms with van der Waals surface area (Å²) >= 11 is 0. The first-order valence-corrected chi connectivity index (χ1v) is 2.47. The van der Waals surface area contributed by atoms with Gasteiger partial charge < -0.3 is 34.7 Å². The van der Waals surface area contributed by atoms with Gasteiger partial charge in [0.15, 0.2) is 0 Å². The van der Waals surface area contributed by atoms with Crippen LogP contribution in [0, 0.1) is 0 Å². The van der Waals surface area contributed by atoms with Gasteiger partial charge in [-0.25, -0.2) is 0 Å². The van der Waals surface area contributed by atoms with Crippen LogP contribution in [-0.4, -0.2) is 31.8 Å². The monoisotopic (exact) mass is 286 g/mol. The number of carboxylic acid groups (broad SMARTS) is 1. The zero-order chi connectivity index (χ0) is 5.70. The van der Waals surface area contributed by atoms with E-state index in [1.165, 1.54) is 0 Å². The van der Waals surface area contributed by atoms with Crippen molar-refractivity contribution >= 4 is 31.8 Å². The van der Waals surface area contributed by atoms with Crippen LogP contribution < -0.4 is 29.9 Å². The molecule has 0 fully saturated rings. The maximum absolute atomic E-state index is 9.65. The van der Waals surface area contributed by atoms with Gasteiger partial charge in [-0.2, -0.15) is 0 Å². The molecular formula is C5H9Cl2InO2. The average Bonchev–Trinajstić information content (AvgIpc) is 1.61. The number of rotatable bonds is 3. The molecule has 0 aromatic rings. The summed E-state index contributed by atoms with van der Waals surface area (Å²) in [6, 6.07) is 0. The van der Waals surface area contributed by atoms with Crippen LogP contribution in [0.15, 0.2) is 0 Å². The number of hydrogen-bond donors (Lipinski definition) is 0. The third-order valence-corrected chi connectivity index (χ3v) is 0.734. The Labute approximate surface area is 92.4 Å². The summed E-state index contributed by atoms with van der Waals surface area (Å²) in [5, 5.41) is 9.65. The molecule has 10 heavy (non-hydrogen) atoms. The number of halogens is 2. The van der Waals surface area contributed by atoms with E-state index >= 15 is 0 Å². The minimum Gasteiger partial charge on any atom is -1.00 e. The van der Waals surface area contributed by atoms with Gasteiger partial charge in [0.2, 0.25) is 0 Å². The quantitative estimate of drug-likeness (QED) is 0.518. The zero-order valence-corrected chi connectivity index (χ0v) is 10.6. The molecule has 0 heterocycles. The van der Waals surface area contributed by atoms with E-state index in [2.05, 4.69) is 0 Å². The average molecular weight is 287 g/mol. The molecule has 5 heteroatoms. The Morgan fingerprint density at radius 2 is 1.80 bits per heavy atom. The summed E-state index contributed by atoms with van der Waals surface area (Å²) in [6.45, 7) is 1.95. The van der Waals surface area contributed by atoms with Crippen LogP contribution in [0.25, 0.3) is 0 Å². The van der Waals surface area contributed by atoms with E-state index in [9.17, 15) is 9.90 Å². The molecule has 2 nitrogen and oxygen atoms in total. The summed E-state index contributed by atoms with van der Waals surface area (Å²) in [5.74, 6) is -0.943. The maximum atomic E-state index is 9.65. The molecule has 0 saturated heterocycles. The fourth-order valence-corrected chi connectivity index (χ4v) is 0.321. The summed E-state index contributed by atoms with van der Waals surface area (Å²) in [6.07, 6.45) is 1.87. The largest absolute Gasteiger partial charge is 3.00 e. The zero-order valence-electron chi connectivity index (χ0n) is 5.77. The van der Waals surface area contributed by atoms with Gasteiger partial charge in [-0.3, -0.25) is 0 Å². The van der Waals surface area contributed by atoms with Crippen molar-refractivity contribution < 1.29 is 34.7 Å². The number of hydrogen-bond acceptors (Lipinski definition) is 2. The van der Waals surface area contributed by atoms with Crippen LogP contribution in [0.4, 0.5) is 0 Å². The second kappa shape index (κ2) is 16.5. The molecule has 0 rings (SSSR count). The van der Waals surface area contributed by atoms with E-state index < -0.39 is 5.97 Å². The first kappa shape index (κ1) is 22.4. The van der Waals surface area contributed by atoms with Crippen LogP contribution >= 0.6 is 0 Å². The van der Waals surface area contributed by atoms with Crippen molar-refractivity contribution in [2.45, 2.75) is 26.2 Å². The molecule has 0 aromatic heterocycles. The Kier molecular flexibility index (Phi) is 37.0. The molecule has 58 valence electrons. The van der Waals surface area contributed by atoms with Gasteiger partial charge in [-0.05, 0) is 12.8 Å². The predicted octanol–water partition coefficient (Wildman–Crippen LogP) is -6.45. The molecule has 0 bridgehead atoms. The second-order valence-electron chi connectivity index (χ2n) is 1.48. The second-order valence-corrected chi connectivity index (χ2v) is 1.48. The molecule has 0 radical (unpaired) electrons. The molecule has 0 saturated carbocycles. The van der Waals surface area contributed by atoms with E-state index in [0.29, 0.717) is 0 Å². The van der Waals surface area contributed by atoms with Crippen molar-refractivity contribution in [3.05, 3.63) is 0 Å². The molecule has 0 aliphatic rings. The molecule has 0 aliphatic carbocycles. The Hall–Kier alpha value is 0.920. The fourth-order valence-electron chi connectivity index (χ4n) is 0.321. The summed E-state index contributed by atoms with van der Waals surface area (Å²) in [7, 11) is 0. The van der Waals surface area contributed by atoms with Crippen molar-refractivity contribution in [1.29, 1.82) is 0 Å². The van der Waals surface area contributed by atoms with Gasteiger partial charge in [0.25, 0.3) is 0 Å². The van der Waals surface area contributed by atoms with Crippen molar-refractivity contribution in [3.8, 4) is 0 Å². The smallest absolute Gasteiger partial charge is 1.00 e. The molecule has 0 aliphatic heterocycles. The number of aliphatic carboxylic acids is 1. The first-order chi connectivity index (χ1) is 3.27. The third kappa shape index (κ3) is 23.1. The van der Waals surface area contributed by atoms with Gasteiger partial charge in [0, 0.05) is 5.97 Å².